The van der Waals surface area contributed by atoms with Crippen molar-refractivity contribution < 1.29 is 23.9 Å². The molecule has 0 unspecified atom stereocenters. The van der Waals surface area contributed by atoms with E-state index >= 15 is 0 Å². The van der Waals surface area contributed by atoms with E-state index in [9.17, 15) is 19.2 Å². The number of ketones is 4. The number of rotatable bonds is 10. The lowest BCUT2D eigenvalue weighted by Crippen LogP contribution is -2.31. The summed E-state index contributed by atoms with van der Waals surface area (Å²) in [7, 11) is 1.58. The molecule has 3 aliphatic rings. The van der Waals surface area contributed by atoms with Crippen LogP contribution in [0.4, 0.5) is 0 Å². The van der Waals surface area contributed by atoms with Gasteiger partial charge in [0.1, 0.15) is 11.5 Å². The topological polar surface area (TPSA) is 77.5 Å². The zero-order valence-electron chi connectivity index (χ0n) is 27.2. The minimum Gasteiger partial charge on any atom is -0.496 e. The van der Waals surface area contributed by atoms with Crippen LogP contribution in [0.2, 0.25) is 0 Å². The molecule has 0 saturated heterocycles. The molecule has 2 fully saturated rings. The van der Waals surface area contributed by atoms with Gasteiger partial charge in [-0.15, -0.1) is 0 Å². The third-order valence-electron chi connectivity index (χ3n) is 10.1. The van der Waals surface area contributed by atoms with Crippen LogP contribution in [-0.2, 0) is 27.2 Å². The first kappa shape index (κ1) is 32.1. The van der Waals surface area contributed by atoms with Gasteiger partial charge in [-0.1, -0.05) is 56.7 Å². The number of Topliss-reactive ketones (excluding diaryl/α,β-unsaturated/α-hetero) is 4. The molecule has 0 atom stereocenters. The van der Waals surface area contributed by atoms with Gasteiger partial charge in [0.15, 0.2) is 5.78 Å². The summed E-state index contributed by atoms with van der Waals surface area (Å²) in [5.41, 5.74) is 5.09. The first-order valence-corrected chi connectivity index (χ1v) is 16.6. The minimum absolute atomic E-state index is 0.0153. The Balaban J connectivity index is 1.23. The van der Waals surface area contributed by atoms with Crippen molar-refractivity contribution >= 4 is 28.7 Å². The molecule has 0 bridgehead atoms. The molecule has 0 amide bonds. The van der Waals surface area contributed by atoms with Gasteiger partial charge in [0.25, 0.3) is 0 Å². The summed E-state index contributed by atoms with van der Waals surface area (Å²) in [5.74, 6) is 0.206. The standard InChI is InChI=1S/C39H48O5/c1-24-6-8-25(9-7-24)20-26-10-12-28(13-11-26)36(41)33-22-32-30(21-35(33)44-5)18-19-31(32)38(43)37(42)29-16-14-27(15-17-29)34(40)23-39(2,3)4/h6-9,19,21-22,26-29H,10-18,20,23H2,1-5H3. The second-order valence-corrected chi connectivity index (χ2v) is 14.7. The fourth-order valence-corrected chi connectivity index (χ4v) is 7.51. The molecule has 0 heterocycles. The Morgan fingerprint density at radius 2 is 1.43 bits per heavy atom. The molecule has 0 spiro atoms. The van der Waals surface area contributed by atoms with Crippen LogP contribution < -0.4 is 4.74 Å². The molecule has 234 valence electrons. The molecular weight excluding hydrogens is 548 g/mol. The molecular formula is C39H48O5. The number of benzene rings is 2. The van der Waals surface area contributed by atoms with Crippen LogP contribution in [0.25, 0.3) is 5.57 Å². The van der Waals surface area contributed by atoms with Gasteiger partial charge in [-0.25, -0.2) is 0 Å². The summed E-state index contributed by atoms with van der Waals surface area (Å²) in [6, 6.07) is 12.4. The quantitative estimate of drug-likeness (QED) is 0.204. The molecule has 3 aliphatic carbocycles. The van der Waals surface area contributed by atoms with Crippen LogP contribution >= 0.6 is 0 Å². The third kappa shape index (κ3) is 7.30. The molecule has 5 heteroatoms. The second kappa shape index (κ2) is 13.3. The van der Waals surface area contributed by atoms with Gasteiger partial charge in [0, 0.05) is 29.7 Å². The average molecular weight is 597 g/mol. The van der Waals surface area contributed by atoms with Crippen LogP contribution in [0.15, 0.2) is 42.5 Å². The summed E-state index contributed by atoms with van der Waals surface area (Å²) >= 11 is 0. The normalized spacial score (nSPS) is 23.4. The van der Waals surface area contributed by atoms with E-state index in [-0.39, 0.29) is 40.5 Å². The summed E-state index contributed by atoms with van der Waals surface area (Å²) in [6.07, 6.45) is 10.1. The van der Waals surface area contributed by atoms with Crippen molar-refractivity contribution in [3.63, 3.8) is 0 Å². The maximum absolute atomic E-state index is 13.8. The van der Waals surface area contributed by atoms with Gasteiger partial charge < -0.3 is 4.74 Å². The zero-order valence-corrected chi connectivity index (χ0v) is 27.2. The van der Waals surface area contributed by atoms with Crippen LogP contribution in [0, 0.1) is 36.0 Å². The Bertz CT molecular complexity index is 1440. The van der Waals surface area contributed by atoms with Gasteiger partial charge in [-0.2, -0.15) is 0 Å². The maximum Gasteiger partial charge on any atom is 0.229 e. The Labute approximate surface area is 262 Å². The summed E-state index contributed by atoms with van der Waals surface area (Å²) in [4.78, 5) is 53.5. The maximum atomic E-state index is 13.8. The highest BCUT2D eigenvalue weighted by Crippen LogP contribution is 2.40. The van der Waals surface area contributed by atoms with Gasteiger partial charge in [-0.3, -0.25) is 19.2 Å². The van der Waals surface area contributed by atoms with E-state index in [1.54, 1.807) is 13.2 Å². The number of allylic oxidation sites excluding steroid dienone is 2. The highest BCUT2D eigenvalue weighted by atomic mass is 16.5. The van der Waals surface area contributed by atoms with E-state index in [0.29, 0.717) is 66.9 Å². The van der Waals surface area contributed by atoms with Crippen molar-refractivity contribution in [2.24, 2.45) is 29.1 Å². The monoisotopic (exact) mass is 596 g/mol. The molecule has 2 aromatic rings. The van der Waals surface area contributed by atoms with E-state index in [0.717, 1.165) is 37.7 Å². The van der Waals surface area contributed by atoms with Gasteiger partial charge in [-0.05, 0) is 111 Å². The van der Waals surface area contributed by atoms with Gasteiger partial charge in [0.2, 0.25) is 11.6 Å². The van der Waals surface area contributed by atoms with E-state index in [1.807, 2.05) is 12.1 Å². The summed E-state index contributed by atoms with van der Waals surface area (Å²) in [6.45, 7) is 8.31. The van der Waals surface area contributed by atoms with E-state index in [2.05, 4.69) is 52.0 Å². The molecule has 2 aromatic carbocycles. The Hall–Kier alpha value is -3.34. The van der Waals surface area contributed by atoms with Crippen LogP contribution in [0.5, 0.6) is 5.75 Å². The van der Waals surface area contributed by atoms with E-state index in [1.165, 1.54) is 11.1 Å². The average Bonchev–Trinajstić information content (AvgIpc) is 3.43. The number of ether oxygens (including phenoxy) is 1. The van der Waals surface area contributed by atoms with E-state index < -0.39 is 5.78 Å². The third-order valence-corrected chi connectivity index (χ3v) is 10.1. The minimum atomic E-state index is -0.464. The number of aryl methyl sites for hydroxylation is 1. The first-order chi connectivity index (χ1) is 20.9. The van der Waals surface area contributed by atoms with E-state index in [4.69, 9.17) is 4.74 Å². The Kier molecular flexibility index (Phi) is 9.72. The first-order valence-electron chi connectivity index (χ1n) is 16.6. The number of carbonyl (C=O) groups is 4. The number of methoxy groups -OCH3 is 1. The molecule has 5 rings (SSSR count). The number of hydrogen-bond donors (Lipinski definition) is 0. The van der Waals surface area contributed by atoms with Crippen LogP contribution in [-0.4, -0.2) is 30.2 Å². The lowest BCUT2D eigenvalue weighted by atomic mass is 9.74. The highest BCUT2D eigenvalue weighted by molar-refractivity contribution is 6.54. The molecule has 0 N–H and O–H groups in total. The number of carbonyl (C=O) groups excluding carboxylic acids is 4. The van der Waals surface area contributed by atoms with Gasteiger partial charge >= 0.3 is 0 Å². The fraction of sp³-hybridized carbons (Fsp3) is 0.538. The lowest BCUT2D eigenvalue weighted by Gasteiger charge is -2.29. The molecule has 0 radical (unpaired) electrons. The van der Waals surface area contributed by atoms with Crippen molar-refractivity contribution in [2.45, 2.75) is 98.3 Å². The molecule has 0 aliphatic heterocycles. The Morgan fingerprint density at radius 1 is 0.818 bits per heavy atom. The van der Waals surface area contributed by atoms with Gasteiger partial charge in [0.05, 0.1) is 12.7 Å². The molecule has 0 aromatic heterocycles. The smallest absolute Gasteiger partial charge is 0.229 e. The van der Waals surface area contributed by atoms with Crippen molar-refractivity contribution in [3.8, 4) is 5.75 Å². The molecule has 44 heavy (non-hydrogen) atoms. The fourth-order valence-electron chi connectivity index (χ4n) is 7.51. The summed E-state index contributed by atoms with van der Waals surface area (Å²) < 4.78 is 5.67. The molecule has 2 saturated carbocycles. The lowest BCUT2D eigenvalue weighted by molar-refractivity contribution is -0.137. The van der Waals surface area contributed by atoms with Crippen molar-refractivity contribution in [1.29, 1.82) is 0 Å². The highest BCUT2D eigenvalue weighted by Gasteiger charge is 2.37. The SMILES string of the molecule is COc1cc2c(cc1C(=O)C1CCC(Cc3ccc(C)cc3)CC1)C(C(=O)C(=O)C1CCC(C(=O)CC(C)(C)C)CC1)=CC2. The van der Waals surface area contributed by atoms with Crippen LogP contribution in [0.1, 0.15) is 111 Å². The zero-order chi connectivity index (χ0) is 31.6. The Morgan fingerprint density at radius 3 is 2.05 bits per heavy atom. The number of fused-ring (bicyclic) bond motifs is 1. The second-order valence-electron chi connectivity index (χ2n) is 14.7. The van der Waals surface area contributed by atoms with Crippen LogP contribution in [0.3, 0.4) is 0 Å². The predicted octanol–water partition coefficient (Wildman–Crippen LogP) is 8.12. The largest absolute Gasteiger partial charge is 0.496 e. The van der Waals surface area contributed by atoms with Crippen molar-refractivity contribution in [3.05, 3.63) is 70.3 Å². The summed E-state index contributed by atoms with van der Waals surface area (Å²) in [5, 5.41) is 0. The van der Waals surface area contributed by atoms with Crippen molar-refractivity contribution in [2.75, 3.05) is 7.11 Å². The number of hydrogen-bond acceptors (Lipinski definition) is 5. The van der Waals surface area contributed by atoms with Crippen molar-refractivity contribution in [1.82, 2.24) is 0 Å². The predicted molar refractivity (Wildman–Crippen MR) is 174 cm³/mol. The molecule has 5 nitrogen and oxygen atoms in total.